The van der Waals surface area contributed by atoms with E-state index in [0.717, 1.165) is 5.69 Å². The summed E-state index contributed by atoms with van der Waals surface area (Å²) in [5.41, 5.74) is 5.46. The van der Waals surface area contributed by atoms with Crippen LogP contribution in [0.15, 0.2) is 24.3 Å². The molecule has 20 heavy (non-hydrogen) atoms. The van der Waals surface area contributed by atoms with Crippen LogP contribution in [-0.2, 0) is 9.59 Å². The largest absolute Gasteiger partial charge is 0.343 e. The van der Waals surface area contributed by atoms with Crippen LogP contribution in [0, 0.1) is 0 Å². The van der Waals surface area contributed by atoms with Crippen molar-refractivity contribution in [2.75, 3.05) is 11.4 Å². The predicted octanol–water partition coefficient (Wildman–Crippen LogP) is 1.30. The van der Waals surface area contributed by atoms with Crippen molar-refractivity contribution < 1.29 is 9.59 Å². The maximum absolute atomic E-state index is 12.3. The van der Waals surface area contributed by atoms with E-state index in [0.29, 0.717) is 18.0 Å². The highest BCUT2D eigenvalue weighted by molar-refractivity contribution is 6.31. The second-order valence-corrected chi connectivity index (χ2v) is 5.94. The van der Waals surface area contributed by atoms with Gasteiger partial charge in [-0.25, -0.2) is 0 Å². The molecule has 1 heterocycles. The zero-order chi connectivity index (χ0) is 14.9. The van der Waals surface area contributed by atoms with Gasteiger partial charge in [-0.3, -0.25) is 9.59 Å². The van der Waals surface area contributed by atoms with Crippen LogP contribution in [0.1, 0.15) is 20.3 Å². The van der Waals surface area contributed by atoms with Crippen LogP contribution >= 0.6 is 11.6 Å². The summed E-state index contributed by atoms with van der Waals surface area (Å²) >= 11 is 5.93. The third kappa shape index (κ3) is 3.11. The first-order chi connectivity index (χ1) is 9.29. The number of hydrogen-bond donors (Lipinski definition) is 2. The summed E-state index contributed by atoms with van der Waals surface area (Å²) in [6, 6.07) is 6.57. The van der Waals surface area contributed by atoms with Gasteiger partial charge >= 0.3 is 0 Å². The number of halogens is 1. The first-order valence-corrected chi connectivity index (χ1v) is 6.83. The Morgan fingerprint density at radius 1 is 1.50 bits per heavy atom. The molecule has 1 aromatic rings. The number of nitrogens with zero attached hydrogens (tertiary/aromatic N) is 1. The second-order valence-electron chi connectivity index (χ2n) is 5.51. The molecule has 3 N–H and O–H groups in total. The molecule has 0 aromatic heterocycles. The molecule has 1 fully saturated rings. The van der Waals surface area contributed by atoms with Crippen LogP contribution in [-0.4, -0.2) is 29.9 Å². The summed E-state index contributed by atoms with van der Waals surface area (Å²) < 4.78 is 0. The van der Waals surface area contributed by atoms with Crippen molar-refractivity contribution in [1.82, 2.24) is 5.32 Å². The Balaban J connectivity index is 2.08. The van der Waals surface area contributed by atoms with Gasteiger partial charge in [0, 0.05) is 17.3 Å². The molecule has 1 saturated heterocycles. The zero-order valence-corrected chi connectivity index (χ0v) is 12.3. The Morgan fingerprint density at radius 3 is 2.80 bits per heavy atom. The summed E-state index contributed by atoms with van der Waals surface area (Å²) in [6.45, 7) is 3.77. The normalized spacial score (nSPS) is 19.3. The number of nitrogens with two attached hydrogens (primary N) is 1. The minimum Gasteiger partial charge on any atom is -0.343 e. The van der Waals surface area contributed by atoms with Crippen LogP contribution in [0.3, 0.4) is 0 Å². The number of hydrogen-bond acceptors (Lipinski definition) is 3. The first kappa shape index (κ1) is 14.8. The van der Waals surface area contributed by atoms with Crippen molar-refractivity contribution in [1.29, 1.82) is 0 Å². The number of carbonyl (C=O) groups excluding carboxylic acids is 2. The van der Waals surface area contributed by atoms with E-state index in [2.05, 4.69) is 5.32 Å². The highest BCUT2D eigenvalue weighted by Gasteiger charge is 2.35. The highest BCUT2D eigenvalue weighted by Crippen LogP contribution is 2.24. The van der Waals surface area contributed by atoms with E-state index in [1.807, 2.05) is 6.07 Å². The van der Waals surface area contributed by atoms with Crippen LogP contribution < -0.4 is 16.0 Å². The Labute approximate surface area is 123 Å². The third-order valence-corrected chi connectivity index (χ3v) is 3.45. The SMILES string of the molecule is CC(C)(N)C(=O)NC1CCN(c2cccc(Cl)c2)C1=O. The van der Waals surface area contributed by atoms with E-state index < -0.39 is 11.6 Å². The fourth-order valence-corrected chi connectivity index (χ4v) is 2.24. The zero-order valence-electron chi connectivity index (χ0n) is 11.5. The molecule has 1 aromatic carbocycles. The van der Waals surface area contributed by atoms with Gasteiger partial charge in [0.1, 0.15) is 6.04 Å². The van der Waals surface area contributed by atoms with Crippen molar-refractivity contribution in [3.8, 4) is 0 Å². The van der Waals surface area contributed by atoms with Crippen molar-refractivity contribution in [2.24, 2.45) is 5.73 Å². The first-order valence-electron chi connectivity index (χ1n) is 6.46. The molecule has 0 radical (unpaired) electrons. The summed E-state index contributed by atoms with van der Waals surface area (Å²) in [5.74, 6) is -0.464. The van der Waals surface area contributed by atoms with Gasteiger partial charge in [0.05, 0.1) is 5.54 Å². The summed E-state index contributed by atoms with van der Waals surface area (Å²) in [7, 11) is 0. The van der Waals surface area contributed by atoms with Gasteiger partial charge in [-0.05, 0) is 38.5 Å². The molecule has 108 valence electrons. The van der Waals surface area contributed by atoms with E-state index in [-0.39, 0.29) is 11.8 Å². The van der Waals surface area contributed by atoms with Crippen LogP contribution in [0.25, 0.3) is 0 Å². The van der Waals surface area contributed by atoms with Gasteiger partial charge in [0.15, 0.2) is 0 Å². The van der Waals surface area contributed by atoms with Gasteiger partial charge in [-0.15, -0.1) is 0 Å². The average Bonchev–Trinajstić information content (AvgIpc) is 2.70. The topological polar surface area (TPSA) is 75.4 Å². The quantitative estimate of drug-likeness (QED) is 0.882. The summed E-state index contributed by atoms with van der Waals surface area (Å²) in [5, 5.41) is 3.27. The molecule has 1 aliphatic rings. The van der Waals surface area contributed by atoms with Gasteiger partial charge in [-0.2, -0.15) is 0 Å². The van der Waals surface area contributed by atoms with Crippen LogP contribution in [0.2, 0.25) is 5.02 Å². The number of carbonyl (C=O) groups is 2. The molecule has 1 unspecified atom stereocenters. The van der Waals surface area contributed by atoms with E-state index in [4.69, 9.17) is 17.3 Å². The van der Waals surface area contributed by atoms with Gasteiger partial charge in [-0.1, -0.05) is 17.7 Å². The van der Waals surface area contributed by atoms with E-state index in [1.54, 1.807) is 36.9 Å². The van der Waals surface area contributed by atoms with Crippen molar-refractivity contribution in [2.45, 2.75) is 31.8 Å². The minimum atomic E-state index is -0.996. The molecule has 2 rings (SSSR count). The van der Waals surface area contributed by atoms with Crippen molar-refractivity contribution in [3.05, 3.63) is 29.3 Å². The lowest BCUT2D eigenvalue weighted by atomic mass is 10.1. The molecule has 5 nitrogen and oxygen atoms in total. The number of rotatable bonds is 3. The average molecular weight is 296 g/mol. The highest BCUT2D eigenvalue weighted by atomic mass is 35.5. The predicted molar refractivity (Wildman–Crippen MR) is 78.6 cm³/mol. The van der Waals surface area contributed by atoms with Gasteiger partial charge < -0.3 is 16.0 Å². The lowest BCUT2D eigenvalue weighted by molar-refractivity contribution is -0.129. The van der Waals surface area contributed by atoms with Crippen molar-refractivity contribution in [3.63, 3.8) is 0 Å². The monoisotopic (exact) mass is 295 g/mol. The maximum Gasteiger partial charge on any atom is 0.249 e. The molecule has 1 aliphatic heterocycles. The van der Waals surface area contributed by atoms with E-state index in [1.165, 1.54) is 0 Å². The standard InChI is InChI=1S/C14H18ClN3O2/c1-14(2,16)13(20)17-11-6-7-18(12(11)19)10-5-3-4-9(15)8-10/h3-5,8,11H,6-7,16H2,1-2H3,(H,17,20). The maximum atomic E-state index is 12.3. The Kier molecular flexibility index (Phi) is 4.01. The number of anilines is 1. The second kappa shape index (κ2) is 5.42. The smallest absolute Gasteiger partial charge is 0.249 e. The van der Waals surface area contributed by atoms with Crippen LogP contribution in [0.5, 0.6) is 0 Å². The van der Waals surface area contributed by atoms with E-state index >= 15 is 0 Å². The lowest BCUT2D eigenvalue weighted by Crippen LogP contribution is -2.53. The fraction of sp³-hybridized carbons (Fsp3) is 0.429. The summed E-state index contributed by atoms with van der Waals surface area (Å²) in [6.07, 6.45) is 0.563. The molecule has 0 saturated carbocycles. The fourth-order valence-electron chi connectivity index (χ4n) is 2.06. The molecular formula is C14H18ClN3O2. The van der Waals surface area contributed by atoms with Crippen LogP contribution in [0.4, 0.5) is 5.69 Å². The molecule has 1 atom stereocenters. The Hall–Kier alpha value is -1.59. The summed E-state index contributed by atoms with van der Waals surface area (Å²) in [4.78, 5) is 25.8. The minimum absolute atomic E-state index is 0.134. The Morgan fingerprint density at radius 2 is 2.20 bits per heavy atom. The van der Waals surface area contributed by atoms with Gasteiger partial charge in [0.25, 0.3) is 0 Å². The van der Waals surface area contributed by atoms with Crippen molar-refractivity contribution >= 4 is 29.1 Å². The number of benzene rings is 1. The molecule has 6 heteroatoms. The number of amides is 2. The van der Waals surface area contributed by atoms with Gasteiger partial charge in [0.2, 0.25) is 11.8 Å². The molecule has 2 amide bonds. The molecule has 0 aliphatic carbocycles. The Bertz CT molecular complexity index is 539. The third-order valence-electron chi connectivity index (χ3n) is 3.22. The molecule has 0 bridgehead atoms. The van der Waals surface area contributed by atoms with E-state index in [9.17, 15) is 9.59 Å². The lowest BCUT2D eigenvalue weighted by Gasteiger charge is -2.21. The molecule has 0 spiro atoms. The number of nitrogens with one attached hydrogen (secondary N) is 1. The molecular weight excluding hydrogens is 278 g/mol.